The van der Waals surface area contributed by atoms with Gasteiger partial charge in [-0.2, -0.15) is 0 Å². The Bertz CT molecular complexity index is 747. The summed E-state index contributed by atoms with van der Waals surface area (Å²) in [6, 6.07) is 11.1. The average Bonchev–Trinajstić information content (AvgIpc) is 2.74. The highest BCUT2D eigenvalue weighted by atomic mass is 35.5. The van der Waals surface area contributed by atoms with E-state index in [0.717, 1.165) is 24.0 Å². The van der Waals surface area contributed by atoms with Crippen LogP contribution in [-0.2, 0) is 13.0 Å². The molecule has 3 nitrogen and oxygen atoms in total. The second-order valence-corrected chi connectivity index (χ2v) is 5.31. The predicted molar refractivity (Wildman–Crippen MR) is 81.3 cm³/mol. The molecule has 0 fully saturated rings. The minimum absolute atomic E-state index is 0.296. The molecule has 0 spiro atoms. The van der Waals surface area contributed by atoms with E-state index in [9.17, 15) is 5.11 Å². The van der Waals surface area contributed by atoms with E-state index < -0.39 is 0 Å². The highest BCUT2D eigenvalue weighted by Gasteiger charge is 2.07. The molecule has 0 atom stereocenters. The molecule has 0 amide bonds. The van der Waals surface area contributed by atoms with Gasteiger partial charge < -0.3 is 9.67 Å². The van der Waals surface area contributed by atoms with Crippen LogP contribution in [0.15, 0.2) is 42.6 Å². The third kappa shape index (κ3) is 2.49. The zero-order valence-corrected chi connectivity index (χ0v) is 11.9. The van der Waals surface area contributed by atoms with Crippen LogP contribution in [0, 0.1) is 6.92 Å². The molecule has 1 aromatic carbocycles. The Kier molecular flexibility index (Phi) is 3.36. The second kappa shape index (κ2) is 5.17. The quantitative estimate of drug-likeness (QED) is 0.741. The third-order valence-corrected chi connectivity index (χ3v) is 3.68. The molecule has 0 bridgehead atoms. The van der Waals surface area contributed by atoms with Crippen molar-refractivity contribution < 1.29 is 5.11 Å². The van der Waals surface area contributed by atoms with Gasteiger partial charge in [0, 0.05) is 18.1 Å². The van der Waals surface area contributed by atoms with E-state index in [1.54, 1.807) is 12.1 Å². The molecule has 0 aliphatic rings. The zero-order chi connectivity index (χ0) is 14.1. The van der Waals surface area contributed by atoms with Crippen molar-refractivity contribution >= 4 is 22.6 Å². The molecule has 0 aliphatic heterocycles. The monoisotopic (exact) mass is 286 g/mol. The molecule has 4 heteroatoms. The summed E-state index contributed by atoms with van der Waals surface area (Å²) in [5.41, 5.74) is 3.31. The Morgan fingerprint density at radius 3 is 2.65 bits per heavy atom. The van der Waals surface area contributed by atoms with Gasteiger partial charge in [-0.3, -0.25) is 0 Å². The number of hydrogen-bond acceptors (Lipinski definition) is 2. The number of rotatable bonds is 3. The van der Waals surface area contributed by atoms with Gasteiger partial charge in [-0.25, -0.2) is 4.98 Å². The lowest BCUT2D eigenvalue weighted by Gasteiger charge is -2.05. The van der Waals surface area contributed by atoms with Crippen molar-refractivity contribution in [3.05, 3.63) is 58.9 Å². The highest BCUT2D eigenvalue weighted by molar-refractivity contribution is 6.29. The Morgan fingerprint density at radius 2 is 1.90 bits per heavy atom. The van der Waals surface area contributed by atoms with Crippen molar-refractivity contribution in [2.24, 2.45) is 0 Å². The predicted octanol–water partition coefficient (Wildman–Crippen LogP) is 3.95. The van der Waals surface area contributed by atoms with E-state index in [0.29, 0.717) is 10.9 Å². The molecule has 2 heterocycles. The zero-order valence-electron chi connectivity index (χ0n) is 11.2. The van der Waals surface area contributed by atoms with Gasteiger partial charge in [0.1, 0.15) is 16.5 Å². The van der Waals surface area contributed by atoms with Crippen LogP contribution in [-0.4, -0.2) is 14.7 Å². The van der Waals surface area contributed by atoms with E-state index >= 15 is 0 Å². The lowest BCUT2D eigenvalue weighted by atomic mass is 10.1. The standard InChI is InChI=1S/C16H15ClN2O/c1-11-10-19(16-14(11)6-7-15(17)18-16)9-8-12-2-4-13(20)5-3-12/h2-7,10,20H,8-9H2,1H3. The van der Waals surface area contributed by atoms with Crippen molar-refractivity contribution in [3.8, 4) is 5.75 Å². The number of pyridine rings is 1. The number of aromatic nitrogens is 2. The third-order valence-electron chi connectivity index (χ3n) is 3.47. The summed E-state index contributed by atoms with van der Waals surface area (Å²) in [5, 5.41) is 10.9. The maximum Gasteiger partial charge on any atom is 0.141 e. The highest BCUT2D eigenvalue weighted by Crippen LogP contribution is 2.21. The van der Waals surface area contributed by atoms with Gasteiger partial charge in [0.2, 0.25) is 0 Å². The van der Waals surface area contributed by atoms with Crippen LogP contribution in [0.5, 0.6) is 5.75 Å². The van der Waals surface area contributed by atoms with Crippen molar-refractivity contribution in [1.82, 2.24) is 9.55 Å². The van der Waals surface area contributed by atoms with Crippen LogP contribution < -0.4 is 0 Å². The fourth-order valence-electron chi connectivity index (χ4n) is 2.40. The van der Waals surface area contributed by atoms with E-state index in [1.165, 1.54) is 11.1 Å². The first kappa shape index (κ1) is 13.0. The number of fused-ring (bicyclic) bond motifs is 1. The number of aryl methyl sites for hydroxylation is 3. The van der Waals surface area contributed by atoms with Gasteiger partial charge in [-0.1, -0.05) is 23.7 Å². The number of phenolic OH excluding ortho intramolecular Hbond substituents is 1. The molecule has 0 unspecified atom stereocenters. The van der Waals surface area contributed by atoms with E-state index in [-0.39, 0.29) is 0 Å². The molecule has 0 radical (unpaired) electrons. The van der Waals surface area contributed by atoms with Crippen molar-refractivity contribution in [3.63, 3.8) is 0 Å². The van der Waals surface area contributed by atoms with Crippen LogP contribution in [0.2, 0.25) is 5.15 Å². The lowest BCUT2D eigenvalue weighted by molar-refractivity contribution is 0.475. The van der Waals surface area contributed by atoms with Crippen LogP contribution in [0.3, 0.4) is 0 Å². The van der Waals surface area contributed by atoms with Crippen LogP contribution in [0.1, 0.15) is 11.1 Å². The van der Waals surface area contributed by atoms with Crippen LogP contribution >= 0.6 is 11.6 Å². The SMILES string of the molecule is Cc1cn(CCc2ccc(O)cc2)c2nc(Cl)ccc12. The molecular formula is C16H15ClN2O. The average molecular weight is 287 g/mol. The molecule has 0 aliphatic carbocycles. The Labute approximate surface area is 122 Å². The van der Waals surface area contributed by atoms with E-state index in [1.807, 2.05) is 24.3 Å². The first-order chi connectivity index (χ1) is 9.63. The van der Waals surface area contributed by atoms with Gasteiger partial charge in [0.15, 0.2) is 0 Å². The maximum atomic E-state index is 9.29. The van der Waals surface area contributed by atoms with Crippen LogP contribution in [0.25, 0.3) is 11.0 Å². The minimum Gasteiger partial charge on any atom is -0.508 e. The van der Waals surface area contributed by atoms with Crippen molar-refractivity contribution in [2.45, 2.75) is 19.9 Å². The molecule has 2 aromatic heterocycles. The molecule has 20 heavy (non-hydrogen) atoms. The normalized spacial score (nSPS) is 11.1. The summed E-state index contributed by atoms with van der Waals surface area (Å²) in [6.45, 7) is 2.91. The summed E-state index contributed by atoms with van der Waals surface area (Å²) in [4.78, 5) is 4.41. The van der Waals surface area contributed by atoms with Gasteiger partial charge >= 0.3 is 0 Å². The second-order valence-electron chi connectivity index (χ2n) is 4.93. The van der Waals surface area contributed by atoms with E-state index in [2.05, 4.69) is 22.7 Å². The summed E-state index contributed by atoms with van der Waals surface area (Å²) in [5.74, 6) is 0.296. The number of hydrogen-bond donors (Lipinski definition) is 1. The Morgan fingerprint density at radius 1 is 1.15 bits per heavy atom. The van der Waals surface area contributed by atoms with Gasteiger partial charge in [0.05, 0.1) is 0 Å². The Hall–Kier alpha value is -2.00. The number of phenols is 1. The molecule has 3 rings (SSSR count). The van der Waals surface area contributed by atoms with Gasteiger partial charge in [-0.15, -0.1) is 0 Å². The first-order valence-corrected chi connectivity index (χ1v) is 6.91. The van der Waals surface area contributed by atoms with Crippen LogP contribution in [0.4, 0.5) is 0 Å². The summed E-state index contributed by atoms with van der Waals surface area (Å²) >= 11 is 5.98. The first-order valence-electron chi connectivity index (χ1n) is 6.53. The topological polar surface area (TPSA) is 38.0 Å². The Balaban J connectivity index is 1.87. The lowest BCUT2D eigenvalue weighted by Crippen LogP contribution is -2.00. The fourth-order valence-corrected chi connectivity index (χ4v) is 2.54. The largest absolute Gasteiger partial charge is 0.508 e. The molecule has 102 valence electrons. The minimum atomic E-state index is 0.296. The maximum absolute atomic E-state index is 9.29. The van der Waals surface area contributed by atoms with Gasteiger partial charge in [-0.05, 0) is 48.7 Å². The summed E-state index contributed by atoms with van der Waals surface area (Å²) in [7, 11) is 0. The summed E-state index contributed by atoms with van der Waals surface area (Å²) in [6.07, 6.45) is 2.99. The molecule has 0 saturated carbocycles. The van der Waals surface area contributed by atoms with E-state index in [4.69, 9.17) is 11.6 Å². The van der Waals surface area contributed by atoms with Crippen molar-refractivity contribution in [2.75, 3.05) is 0 Å². The fraction of sp³-hybridized carbons (Fsp3) is 0.188. The summed E-state index contributed by atoms with van der Waals surface area (Å²) < 4.78 is 2.13. The van der Waals surface area contributed by atoms with Gasteiger partial charge in [0.25, 0.3) is 0 Å². The molecule has 1 N–H and O–H groups in total. The smallest absolute Gasteiger partial charge is 0.141 e. The number of halogens is 1. The molecule has 0 saturated heterocycles. The number of aromatic hydroxyl groups is 1. The number of nitrogens with zero attached hydrogens (tertiary/aromatic N) is 2. The molecule has 3 aromatic rings. The van der Waals surface area contributed by atoms with Crippen molar-refractivity contribution in [1.29, 1.82) is 0 Å². The number of benzene rings is 1. The molecular weight excluding hydrogens is 272 g/mol.